The van der Waals surface area contributed by atoms with Crippen LogP contribution >= 0.6 is 0 Å². The van der Waals surface area contributed by atoms with Crippen molar-refractivity contribution in [3.63, 3.8) is 0 Å². The van der Waals surface area contributed by atoms with Crippen LogP contribution in [-0.4, -0.2) is 17.1 Å². The summed E-state index contributed by atoms with van der Waals surface area (Å²) in [5, 5.41) is 3.19. The first-order valence-electron chi connectivity index (χ1n) is 8.67. The summed E-state index contributed by atoms with van der Waals surface area (Å²) in [4.78, 5) is 25.3. The summed E-state index contributed by atoms with van der Waals surface area (Å²) in [5.74, 6) is 0.871. The van der Waals surface area contributed by atoms with Crippen molar-refractivity contribution in [2.45, 2.75) is 33.9 Å². The molecule has 0 radical (unpaired) electrons. The first kappa shape index (κ1) is 17.8. The van der Waals surface area contributed by atoms with E-state index < -0.39 is 0 Å². The van der Waals surface area contributed by atoms with E-state index in [1.165, 1.54) is 0 Å². The average Bonchev–Trinajstić information content (AvgIpc) is 2.97. The summed E-state index contributed by atoms with van der Waals surface area (Å²) in [7, 11) is 0. The van der Waals surface area contributed by atoms with Gasteiger partial charge in [0.15, 0.2) is 0 Å². The Balaban J connectivity index is 1.87. The highest BCUT2D eigenvalue weighted by atomic mass is 16.5. The van der Waals surface area contributed by atoms with Crippen LogP contribution < -0.4 is 15.6 Å². The van der Waals surface area contributed by atoms with Gasteiger partial charge in [0, 0.05) is 19.3 Å². The first-order chi connectivity index (χ1) is 12.5. The third kappa shape index (κ3) is 3.35. The number of ether oxygens (including phenoxy) is 1. The van der Waals surface area contributed by atoms with Crippen LogP contribution in [0, 0.1) is 6.92 Å². The van der Waals surface area contributed by atoms with Gasteiger partial charge in [0.1, 0.15) is 17.1 Å². The van der Waals surface area contributed by atoms with E-state index in [1.807, 2.05) is 38.1 Å². The number of fused-ring (bicyclic) bond motifs is 1. The number of benzene rings is 1. The molecule has 0 unspecified atom stereocenters. The van der Waals surface area contributed by atoms with Crippen molar-refractivity contribution in [1.82, 2.24) is 9.88 Å². The smallest absolute Gasteiger partial charge is 0.262 e. The highest BCUT2D eigenvalue weighted by Crippen LogP contribution is 2.22. The van der Waals surface area contributed by atoms with Crippen LogP contribution in [0.2, 0.25) is 0 Å². The maximum Gasteiger partial charge on any atom is 0.262 e. The summed E-state index contributed by atoms with van der Waals surface area (Å²) in [6.07, 6.45) is 1.68. The van der Waals surface area contributed by atoms with Gasteiger partial charge < -0.3 is 19.0 Å². The summed E-state index contributed by atoms with van der Waals surface area (Å²) >= 11 is 0. The van der Waals surface area contributed by atoms with Gasteiger partial charge in [0.05, 0.1) is 17.6 Å². The number of aromatic nitrogens is 1. The second-order valence-electron chi connectivity index (χ2n) is 5.94. The van der Waals surface area contributed by atoms with Crippen molar-refractivity contribution in [3.8, 4) is 5.75 Å². The van der Waals surface area contributed by atoms with Gasteiger partial charge in [-0.3, -0.25) is 9.59 Å². The van der Waals surface area contributed by atoms with Gasteiger partial charge in [-0.1, -0.05) is 12.1 Å². The second-order valence-corrected chi connectivity index (χ2v) is 5.94. The molecule has 2 heterocycles. The Bertz CT molecular complexity index is 1000. The summed E-state index contributed by atoms with van der Waals surface area (Å²) in [6, 6.07) is 9.26. The molecular weight excluding hydrogens is 332 g/mol. The summed E-state index contributed by atoms with van der Waals surface area (Å²) in [6.45, 7) is 6.95. The van der Waals surface area contributed by atoms with Gasteiger partial charge in [-0.25, -0.2) is 0 Å². The fraction of sp³-hybridized carbons (Fsp3) is 0.300. The minimum atomic E-state index is -0.325. The molecule has 6 heteroatoms. The molecule has 2 aromatic heterocycles. The zero-order valence-electron chi connectivity index (χ0n) is 15.2. The Morgan fingerprint density at radius 3 is 2.81 bits per heavy atom. The van der Waals surface area contributed by atoms with Gasteiger partial charge in [0.25, 0.3) is 11.5 Å². The standard InChI is InChI=1S/C20H22N2O4/c1-4-22-10-9-16-18(20(22)24)17(13(3)26-16)19(23)21-12-14-7-6-8-15(11-14)25-5-2/h6-11H,4-5,12H2,1-3H3,(H,21,23). The number of carbonyl (C=O) groups excluding carboxylic acids is 1. The summed E-state index contributed by atoms with van der Waals surface area (Å²) < 4.78 is 12.6. The minimum Gasteiger partial charge on any atom is -0.494 e. The number of rotatable bonds is 6. The molecule has 6 nitrogen and oxygen atoms in total. The number of carbonyl (C=O) groups is 1. The number of furan rings is 1. The highest BCUT2D eigenvalue weighted by molar-refractivity contribution is 6.06. The van der Waals surface area contributed by atoms with Crippen LogP contribution in [-0.2, 0) is 13.1 Å². The lowest BCUT2D eigenvalue weighted by Gasteiger charge is -2.08. The van der Waals surface area contributed by atoms with Crippen LogP contribution in [0.4, 0.5) is 0 Å². The van der Waals surface area contributed by atoms with Crippen LogP contribution in [0.25, 0.3) is 11.0 Å². The molecule has 0 spiro atoms. The minimum absolute atomic E-state index is 0.217. The Hall–Kier alpha value is -3.02. The normalized spacial score (nSPS) is 10.9. The number of hydrogen-bond acceptors (Lipinski definition) is 4. The zero-order valence-corrected chi connectivity index (χ0v) is 15.2. The van der Waals surface area contributed by atoms with E-state index >= 15 is 0 Å². The number of aryl methyl sites for hydroxylation is 2. The van der Waals surface area contributed by atoms with Crippen molar-refractivity contribution in [2.75, 3.05) is 6.61 Å². The molecule has 1 amide bonds. The average molecular weight is 354 g/mol. The van der Waals surface area contributed by atoms with Crippen molar-refractivity contribution < 1.29 is 13.9 Å². The van der Waals surface area contributed by atoms with Crippen LogP contribution in [0.3, 0.4) is 0 Å². The Kier molecular flexibility index (Phi) is 5.11. The lowest BCUT2D eigenvalue weighted by Crippen LogP contribution is -2.26. The van der Waals surface area contributed by atoms with E-state index in [0.717, 1.165) is 11.3 Å². The molecule has 26 heavy (non-hydrogen) atoms. The molecule has 0 fully saturated rings. The molecule has 1 aromatic carbocycles. The van der Waals surface area contributed by atoms with E-state index in [-0.39, 0.29) is 11.5 Å². The van der Waals surface area contributed by atoms with Crippen molar-refractivity contribution >= 4 is 16.9 Å². The van der Waals surface area contributed by atoms with Gasteiger partial charge in [-0.2, -0.15) is 0 Å². The molecule has 3 aromatic rings. The molecule has 3 rings (SSSR count). The lowest BCUT2D eigenvalue weighted by molar-refractivity contribution is 0.0950. The van der Waals surface area contributed by atoms with Crippen molar-refractivity contribution in [2.24, 2.45) is 0 Å². The van der Waals surface area contributed by atoms with E-state index in [9.17, 15) is 9.59 Å². The molecule has 136 valence electrons. The maximum absolute atomic E-state index is 12.7. The quantitative estimate of drug-likeness (QED) is 0.737. The predicted octanol–water partition coefficient (Wildman–Crippen LogP) is 3.25. The molecular formula is C20H22N2O4. The maximum atomic E-state index is 12.7. The van der Waals surface area contributed by atoms with Crippen LogP contribution in [0.5, 0.6) is 5.75 Å². The largest absolute Gasteiger partial charge is 0.494 e. The number of pyridine rings is 1. The van der Waals surface area contributed by atoms with E-state index in [2.05, 4.69) is 5.32 Å². The highest BCUT2D eigenvalue weighted by Gasteiger charge is 2.21. The fourth-order valence-corrected chi connectivity index (χ4v) is 2.97. The fourth-order valence-electron chi connectivity index (χ4n) is 2.97. The second kappa shape index (κ2) is 7.47. The van der Waals surface area contributed by atoms with Crippen LogP contribution in [0.15, 0.2) is 45.7 Å². The Morgan fingerprint density at radius 1 is 1.27 bits per heavy atom. The predicted molar refractivity (Wildman–Crippen MR) is 99.7 cm³/mol. The molecule has 0 aliphatic rings. The van der Waals surface area contributed by atoms with Crippen LogP contribution in [0.1, 0.15) is 35.5 Å². The van der Waals surface area contributed by atoms with Gasteiger partial charge in [-0.05, 0) is 44.5 Å². The van der Waals surface area contributed by atoms with Gasteiger partial charge in [-0.15, -0.1) is 0 Å². The Morgan fingerprint density at radius 2 is 2.08 bits per heavy atom. The molecule has 0 saturated heterocycles. The molecule has 1 N–H and O–H groups in total. The topological polar surface area (TPSA) is 73.5 Å². The summed E-state index contributed by atoms with van der Waals surface area (Å²) in [5.41, 5.74) is 1.43. The zero-order chi connectivity index (χ0) is 18.7. The molecule has 0 atom stereocenters. The van der Waals surface area contributed by atoms with Gasteiger partial charge >= 0.3 is 0 Å². The van der Waals surface area contributed by atoms with Crippen molar-refractivity contribution in [3.05, 3.63) is 63.8 Å². The van der Waals surface area contributed by atoms with Crippen molar-refractivity contribution in [1.29, 1.82) is 0 Å². The first-order valence-corrected chi connectivity index (χ1v) is 8.67. The monoisotopic (exact) mass is 354 g/mol. The lowest BCUT2D eigenvalue weighted by atomic mass is 10.1. The number of amides is 1. The van der Waals surface area contributed by atoms with E-state index in [1.54, 1.807) is 23.8 Å². The number of hydrogen-bond donors (Lipinski definition) is 1. The molecule has 0 bridgehead atoms. The number of nitrogens with one attached hydrogen (secondary N) is 1. The molecule has 0 aliphatic carbocycles. The van der Waals surface area contributed by atoms with E-state index in [4.69, 9.17) is 9.15 Å². The third-order valence-corrected chi connectivity index (χ3v) is 4.22. The molecule has 0 saturated carbocycles. The SMILES string of the molecule is CCOc1cccc(CNC(=O)c2c(C)oc3ccn(CC)c(=O)c23)c1. The van der Waals surface area contributed by atoms with Gasteiger partial charge in [0.2, 0.25) is 0 Å². The molecule has 0 aliphatic heterocycles. The Labute approximate surface area is 151 Å². The number of nitrogens with zero attached hydrogens (tertiary/aromatic N) is 1. The van der Waals surface area contributed by atoms with E-state index in [0.29, 0.717) is 42.0 Å². The third-order valence-electron chi connectivity index (χ3n) is 4.22.